The molecule has 1 aromatic carbocycles. The molecular formula is C24H22FN5O2. The minimum absolute atomic E-state index is 0.189. The monoisotopic (exact) mass is 431 g/mol. The second-order valence-electron chi connectivity index (χ2n) is 7.72. The van der Waals surface area contributed by atoms with Crippen molar-refractivity contribution in [1.29, 1.82) is 0 Å². The van der Waals surface area contributed by atoms with Gasteiger partial charge in [-0.3, -0.25) is 14.7 Å². The van der Waals surface area contributed by atoms with Crippen molar-refractivity contribution in [2.45, 2.75) is 6.54 Å². The molecule has 4 heterocycles. The lowest BCUT2D eigenvalue weighted by Crippen LogP contribution is -2.35. The van der Waals surface area contributed by atoms with Crippen LogP contribution >= 0.6 is 0 Å². The van der Waals surface area contributed by atoms with Crippen LogP contribution in [0.25, 0.3) is 34.4 Å². The van der Waals surface area contributed by atoms with Gasteiger partial charge < -0.3 is 14.7 Å². The first-order valence-corrected chi connectivity index (χ1v) is 10.5. The lowest BCUT2D eigenvalue weighted by Gasteiger charge is -2.26. The zero-order valence-corrected chi connectivity index (χ0v) is 17.3. The largest absolute Gasteiger partial charge is 0.379 e. The van der Waals surface area contributed by atoms with Gasteiger partial charge in [0.15, 0.2) is 0 Å². The Hall–Kier alpha value is -3.62. The van der Waals surface area contributed by atoms with Crippen molar-refractivity contribution in [2.75, 3.05) is 26.3 Å². The molecule has 1 fully saturated rings. The second kappa shape index (κ2) is 8.86. The zero-order valence-electron chi connectivity index (χ0n) is 17.3. The number of pyridine rings is 1. The van der Waals surface area contributed by atoms with E-state index in [0.717, 1.165) is 35.6 Å². The number of benzene rings is 1. The summed E-state index contributed by atoms with van der Waals surface area (Å²) in [6, 6.07) is 10.8. The average molecular weight is 431 g/mol. The summed E-state index contributed by atoms with van der Waals surface area (Å²) < 4.78 is 20.0. The van der Waals surface area contributed by atoms with E-state index in [4.69, 9.17) is 4.74 Å². The highest BCUT2D eigenvalue weighted by atomic mass is 19.1. The van der Waals surface area contributed by atoms with E-state index >= 15 is 0 Å². The molecule has 8 heteroatoms. The fourth-order valence-corrected chi connectivity index (χ4v) is 3.79. The molecule has 1 aliphatic heterocycles. The van der Waals surface area contributed by atoms with Crippen molar-refractivity contribution in [3.63, 3.8) is 0 Å². The van der Waals surface area contributed by atoms with Gasteiger partial charge in [0.2, 0.25) is 0 Å². The van der Waals surface area contributed by atoms with Crippen molar-refractivity contribution < 1.29 is 9.13 Å². The van der Waals surface area contributed by atoms with Gasteiger partial charge in [0.1, 0.15) is 11.5 Å². The topological polar surface area (TPSA) is 86.9 Å². The lowest BCUT2D eigenvalue weighted by molar-refractivity contribution is 0.0337. The van der Waals surface area contributed by atoms with E-state index in [1.807, 2.05) is 36.4 Å². The van der Waals surface area contributed by atoms with Crippen LogP contribution in [0.1, 0.15) is 16.8 Å². The fourth-order valence-electron chi connectivity index (χ4n) is 3.79. The summed E-state index contributed by atoms with van der Waals surface area (Å²) in [5.41, 5.74) is 4.18. The normalized spacial score (nSPS) is 15.0. The number of morpholine rings is 1. The average Bonchev–Trinajstić information content (AvgIpc) is 3.26. The number of fused-ring (bicyclic) bond motifs is 1. The molecule has 0 unspecified atom stereocenters. The molecule has 0 atom stereocenters. The summed E-state index contributed by atoms with van der Waals surface area (Å²) in [5.74, 6) is -0.212. The number of nitrogens with one attached hydrogen (secondary N) is 2. The van der Waals surface area contributed by atoms with Gasteiger partial charge in [-0.25, -0.2) is 9.37 Å². The molecule has 7 nitrogen and oxygen atoms in total. The SMILES string of the molecule is O=c1[nH]cnc2[nH]c(-c3ccnc(C=Cc4ccc(CN5CCOCC5)c(F)c4)c3)cc12. The van der Waals surface area contributed by atoms with E-state index in [1.165, 1.54) is 6.33 Å². The molecule has 0 aliphatic carbocycles. The predicted molar refractivity (Wildman–Crippen MR) is 121 cm³/mol. The second-order valence-corrected chi connectivity index (χ2v) is 7.72. The van der Waals surface area contributed by atoms with Crippen molar-refractivity contribution in [2.24, 2.45) is 0 Å². The van der Waals surface area contributed by atoms with E-state index in [9.17, 15) is 9.18 Å². The molecule has 0 spiro atoms. The van der Waals surface area contributed by atoms with Gasteiger partial charge in [0.25, 0.3) is 5.56 Å². The van der Waals surface area contributed by atoms with Crippen molar-refractivity contribution >= 4 is 23.2 Å². The zero-order chi connectivity index (χ0) is 21.9. The van der Waals surface area contributed by atoms with Crippen LogP contribution in [0.5, 0.6) is 0 Å². The molecule has 1 saturated heterocycles. The Kier molecular flexibility index (Phi) is 5.62. The summed E-state index contributed by atoms with van der Waals surface area (Å²) in [6.07, 6.45) is 6.75. The van der Waals surface area contributed by atoms with Crippen molar-refractivity contribution in [3.05, 3.63) is 81.9 Å². The number of halogens is 1. The molecule has 162 valence electrons. The van der Waals surface area contributed by atoms with Crippen LogP contribution in [-0.4, -0.2) is 51.1 Å². The molecule has 32 heavy (non-hydrogen) atoms. The maximum absolute atomic E-state index is 14.6. The Bertz CT molecular complexity index is 1340. The number of H-pyrrole nitrogens is 2. The molecule has 0 bridgehead atoms. The molecule has 5 rings (SSSR count). The Morgan fingerprint density at radius 1 is 1.09 bits per heavy atom. The maximum atomic E-state index is 14.6. The van der Waals surface area contributed by atoms with Gasteiger partial charge >= 0.3 is 0 Å². The number of aromatic nitrogens is 4. The van der Waals surface area contributed by atoms with Crippen molar-refractivity contribution in [3.8, 4) is 11.3 Å². The maximum Gasteiger partial charge on any atom is 0.260 e. The number of aromatic amines is 2. The Morgan fingerprint density at radius 2 is 1.97 bits per heavy atom. The van der Waals surface area contributed by atoms with Gasteiger partial charge in [-0.05, 0) is 35.9 Å². The van der Waals surface area contributed by atoms with Crippen LogP contribution in [0, 0.1) is 5.82 Å². The van der Waals surface area contributed by atoms with Crippen LogP contribution in [0.2, 0.25) is 0 Å². The number of nitrogens with zero attached hydrogens (tertiary/aromatic N) is 3. The van der Waals surface area contributed by atoms with Crippen LogP contribution in [-0.2, 0) is 11.3 Å². The molecule has 0 amide bonds. The van der Waals surface area contributed by atoms with Crippen LogP contribution in [0.3, 0.4) is 0 Å². The summed E-state index contributed by atoms with van der Waals surface area (Å²) in [4.78, 5) is 28.4. The number of hydrogen-bond acceptors (Lipinski definition) is 5. The third-order valence-electron chi connectivity index (χ3n) is 5.54. The summed E-state index contributed by atoms with van der Waals surface area (Å²) in [6.45, 7) is 3.62. The van der Waals surface area contributed by atoms with Gasteiger partial charge in [0.05, 0.1) is 30.6 Å². The third kappa shape index (κ3) is 4.37. The molecule has 3 aromatic heterocycles. The fraction of sp³-hybridized carbons (Fsp3) is 0.208. The molecule has 2 N–H and O–H groups in total. The van der Waals surface area contributed by atoms with Gasteiger partial charge in [0, 0.05) is 42.7 Å². The smallest absolute Gasteiger partial charge is 0.260 e. The Balaban J connectivity index is 1.33. The van der Waals surface area contributed by atoms with Crippen LogP contribution in [0.4, 0.5) is 4.39 Å². The van der Waals surface area contributed by atoms with E-state index < -0.39 is 0 Å². The lowest BCUT2D eigenvalue weighted by atomic mass is 10.1. The van der Waals surface area contributed by atoms with E-state index in [2.05, 4.69) is 24.8 Å². The quantitative estimate of drug-likeness (QED) is 0.505. The standard InChI is InChI=1S/C24H22FN5O2/c25-21-11-16(1-3-18(21)14-30-7-9-32-10-8-30)2-4-19-12-17(5-6-26-19)22-13-20-23(29-22)27-15-28-24(20)31/h1-6,11-13,15H,7-10,14H2,(H2,27,28,29,31). The number of ether oxygens (including phenoxy) is 1. The number of rotatable bonds is 5. The highest BCUT2D eigenvalue weighted by Crippen LogP contribution is 2.22. The minimum Gasteiger partial charge on any atom is -0.379 e. The van der Waals surface area contributed by atoms with Gasteiger partial charge in [-0.2, -0.15) is 0 Å². The minimum atomic E-state index is -0.212. The van der Waals surface area contributed by atoms with E-state index in [0.29, 0.717) is 36.4 Å². The molecule has 1 aliphatic rings. The summed E-state index contributed by atoms with van der Waals surface area (Å²) in [7, 11) is 0. The Labute approximate surface area is 183 Å². The first-order valence-electron chi connectivity index (χ1n) is 10.5. The van der Waals surface area contributed by atoms with Crippen LogP contribution in [0.15, 0.2) is 53.7 Å². The van der Waals surface area contributed by atoms with Crippen LogP contribution < -0.4 is 5.56 Å². The Morgan fingerprint density at radius 3 is 2.78 bits per heavy atom. The van der Waals surface area contributed by atoms with Gasteiger partial charge in [-0.15, -0.1) is 0 Å². The van der Waals surface area contributed by atoms with Crippen molar-refractivity contribution in [1.82, 2.24) is 24.8 Å². The van der Waals surface area contributed by atoms with E-state index in [-0.39, 0.29) is 11.4 Å². The molecule has 0 saturated carbocycles. The highest BCUT2D eigenvalue weighted by molar-refractivity contribution is 5.82. The molecule has 0 radical (unpaired) electrons. The van der Waals surface area contributed by atoms with Gasteiger partial charge in [-0.1, -0.05) is 18.2 Å². The first-order chi connectivity index (χ1) is 15.7. The van der Waals surface area contributed by atoms with E-state index in [1.54, 1.807) is 18.3 Å². The summed E-state index contributed by atoms with van der Waals surface area (Å²) in [5, 5.41) is 0.504. The number of hydrogen-bond donors (Lipinski definition) is 2. The third-order valence-corrected chi connectivity index (χ3v) is 5.54. The first kappa shape index (κ1) is 20.3. The molecule has 4 aromatic rings. The summed E-state index contributed by atoms with van der Waals surface area (Å²) >= 11 is 0. The predicted octanol–water partition coefficient (Wildman–Crippen LogP) is 3.45. The highest BCUT2D eigenvalue weighted by Gasteiger charge is 2.13. The molecular weight excluding hydrogens is 409 g/mol.